The molecule has 2 saturated heterocycles. The minimum atomic E-state index is -0.495. The van der Waals surface area contributed by atoms with Crippen molar-refractivity contribution in [2.45, 2.75) is 18.6 Å². The van der Waals surface area contributed by atoms with Gasteiger partial charge in [0.05, 0.1) is 34.5 Å². The summed E-state index contributed by atoms with van der Waals surface area (Å²) in [6.45, 7) is 5.11. The van der Waals surface area contributed by atoms with Gasteiger partial charge in [-0.05, 0) is 31.2 Å². The molecule has 2 aliphatic rings. The molecule has 1 spiro atoms. The number of nitrogens with zero attached hydrogens (tertiary/aromatic N) is 3. The van der Waals surface area contributed by atoms with Gasteiger partial charge >= 0.3 is 0 Å². The molecule has 0 aliphatic carbocycles. The number of rotatable bonds is 6. The number of benzene rings is 1. The molecule has 1 atom stereocenters. The highest BCUT2D eigenvalue weighted by molar-refractivity contribution is 6.35. The standard InChI is InChI=1S/C25H25Cl2FN6O2/c1-14(22-18(26)9-31-10-19(22)27)36-16-2-3-21(29)17(7-16)23(30)15-6-20(28)24(32-8-15)34-11-25(12-34)13-35-5-4-33-25/h2-3,6-10,14,30,33H,4-5,11-13,29H2,1H3/t14-/m1/s1. The van der Waals surface area contributed by atoms with Gasteiger partial charge in [-0.15, -0.1) is 0 Å². The van der Waals surface area contributed by atoms with E-state index >= 15 is 4.39 Å². The number of ether oxygens (including phenoxy) is 2. The molecule has 8 nitrogen and oxygen atoms in total. The third-order valence-corrected chi connectivity index (χ3v) is 7.03. The zero-order valence-electron chi connectivity index (χ0n) is 19.5. The van der Waals surface area contributed by atoms with Crippen LogP contribution >= 0.6 is 23.2 Å². The lowest BCUT2D eigenvalue weighted by Gasteiger charge is -2.52. The van der Waals surface area contributed by atoms with E-state index < -0.39 is 11.9 Å². The summed E-state index contributed by atoms with van der Waals surface area (Å²) in [6.07, 6.45) is 4.00. The zero-order valence-corrected chi connectivity index (χ0v) is 21.0. The lowest BCUT2D eigenvalue weighted by molar-refractivity contribution is 0.0133. The van der Waals surface area contributed by atoms with E-state index in [-0.39, 0.29) is 17.1 Å². The molecular weight excluding hydrogens is 506 g/mol. The quantitative estimate of drug-likeness (QED) is 0.323. The van der Waals surface area contributed by atoms with Crippen LogP contribution < -0.4 is 20.7 Å². The van der Waals surface area contributed by atoms with Gasteiger partial charge in [0.15, 0.2) is 11.6 Å². The van der Waals surface area contributed by atoms with E-state index in [0.717, 1.165) is 6.54 Å². The highest BCUT2D eigenvalue weighted by atomic mass is 35.5. The molecule has 0 saturated carbocycles. The lowest BCUT2D eigenvalue weighted by atomic mass is 9.89. The SMILES string of the molecule is C[C@@H](Oc1ccc(N)c(C(=N)c2cnc(N3CC4(COCCN4)C3)c(F)c2)c1)c1c(Cl)cncc1Cl. The highest BCUT2D eigenvalue weighted by Crippen LogP contribution is 2.34. The monoisotopic (exact) mass is 530 g/mol. The third kappa shape index (κ3) is 4.71. The third-order valence-electron chi connectivity index (χ3n) is 6.43. The number of nitrogens with one attached hydrogen (secondary N) is 2. The fraction of sp³-hybridized carbons (Fsp3) is 0.320. The number of nitrogen functional groups attached to an aromatic ring is 1. The van der Waals surface area contributed by atoms with Gasteiger partial charge in [0.1, 0.15) is 11.9 Å². The second-order valence-electron chi connectivity index (χ2n) is 9.05. The average Bonchev–Trinajstić information content (AvgIpc) is 2.84. The van der Waals surface area contributed by atoms with Crippen LogP contribution in [0.5, 0.6) is 5.75 Å². The second-order valence-corrected chi connectivity index (χ2v) is 9.86. The normalized spacial score (nSPS) is 17.5. The number of morpholine rings is 1. The molecule has 2 fully saturated rings. The number of halogens is 3. The molecule has 188 valence electrons. The van der Waals surface area contributed by atoms with E-state index in [1.54, 1.807) is 25.1 Å². The fourth-order valence-corrected chi connectivity index (χ4v) is 5.27. The summed E-state index contributed by atoms with van der Waals surface area (Å²) < 4.78 is 26.6. The van der Waals surface area contributed by atoms with E-state index in [1.807, 2.05) is 4.90 Å². The van der Waals surface area contributed by atoms with Crippen molar-refractivity contribution in [1.29, 1.82) is 5.41 Å². The van der Waals surface area contributed by atoms with Crippen LogP contribution in [0.25, 0.3) is 0 Å². The Labute approximate surface area is 218 Å². The van der Waals surface area contributed by atoms with Crippen molar-refractivity contribution in [3.8, 4) is 5.75 Å². The van der Waals surface area contributed by atoms with Crippen molar-refractivity contribution in [2.75, 3.05) is 43.5 Å². The van der Waals surface area contributed by atoms with Gasteiger partial charge in [-0.1, -0.05) is 23.2 Å². The molecule has 2 aliphatic heterocycles. The molecule has 3 aromatic rings. The lowest BCUT2D eigenvalue weighted by Crippen LogP contribution is -2.74. The first-order chi connectivity index (χ1) is 17.3. The Hall–Kier alpha value is -2.98. The molecule has 0 radical (unpaired) electrons. The van der Waals surface area contributed by atoms with Crippen molar-refractivity contribution in [3.63, 3.8) is 0 Å². The topological polar surface area (TPSA) is 109 Å². The summed E-state index contributed by atoms with van der Waals surface area (Å²) in [7, 11) is 0. The second kappa shape index (κ2) is 9.82. The first-order valence-electron chi connectivity index (χ1n) is 11.4. The van der Waals surface area contributed by atoms with Crippen LogP contribution in [0.3, 0.4) is 0 Å². The first-order valence-corrected chi connectivity index (χ1v) is 12.2. The number of hydrogen-bond acceptors (Lipinski definition) is 8. The van der Waals surface area contributed by atoms with E-state index in [1.165, 1.54) is 24.7 Å². The molecule has 0 unspecified atom stereocenters. The maximum atomic E-state index is 15.0. The van der Waals surface area contributed by atoms with Crippen LogP contribution in [-0.4, -0.2) is 54.1 Å². The molecule has 5 rings (SSSR count). The summed E-state index contributed by atoms with van der Waals surface area (Å²) in [6, 6.07) is 6.28. The van der Waals surface area contributed by atoms with E-state index in [9.17, 15) is 0 Å². The van der Waals surface area contributed by atoms with Crippen molar-refractivity contribution >= 4 is 40.4 Å². The Kier molecular flexibility index (Phi) is 6.74. The van der Waals surface area contributed by atoms with Gasteiger partial charge in [0, 0.05) is 60.6 Å². The Bertz CT molecular complexity index is 1290. The van der Waals surface area contributed by atoms with Crippen LogP contribution in [0.2, 0.25) is 10.0 Å². The van der Waals surface area contributed by atoms with Crippen LogP contribution in [0, 0.1) is 11.2 Å². The molecule has 2 aromatic heterocycles. The Balaban J connectivity index is 1.33. The van der Waals surface area contributed by atoms with Crippen LogP contribution in [-0.2, 0) is 4.74 Å². The van der Waals surface area contributed by atoms with Crippen molar-refractivity contribution in [3.05, 3.63) is 75.4 Å². The van der Waals surface area contributed by atoms with E-state index in [2.05, 4.69) is 15.3 Å². The summed E-state index contributed by atoms with van der Waals surface area (Å²) in [5.74, 6) is 0.221. The molecule has 11 heteroatoms. The van der Waals surface area contributed by atoms with Gasteiger partial charge in [-0.2, -0.15) is 0 Å². The predicted molar refractivity (Wildman–Crippen MR) is 138 cm³/mol. The average molecular weight is 531 g/mol. The van der Waals surface area contributed by atoms with Crippen LogP contribution in [0.15, 0.2) is 42.9 Å². The number of anilines is 2. The molecule has 4 heterocycles. The molecule has 0 amide bonds. The Morgan fingerprint density at radius 2 is 2.00 bits per heavy atom. The smallest absolute Gasteiger partial charge is 0.166 e. The Morgan fingerprint density at radius 3 is 2.67 bits per heavy atom. The minimum Gasteiger partial charge on any atom is -0.486 e. The summed E-state index contributed by atoms with van der Waals surface area (Å²) >= 11 is 12.5. The highest BCUT2D eigenvalue weighted by Gasteiger charge is 2.45. The number of nitrogens with two attached hydrogens (primary N) is 1. The van der Waals surface area contributed by atoms with Gasteiger partial charge in [-0.3, -0.25) is 10.4 Å². The van der Waals surface area contributed by atoms with Crippen molar-refractivity contribution in [2.24, 2.45) is 0 Å². The Morgan fingerprint density at radius 1 is 1.25 bits per heavy atom. The van der Waals surface area contributed by atoms with Gasteiger partial charge in [0.2, 0.25) is 0 Å². The summed E-state index contributed by atoms with van der Waals surface area (Å²) in [5, 5.41) is 12.9. The van der Waals surface area contributed by atoms with Gasteiger partial charge < -0.3 is 25.4 Å². The van der Waals surface area contributed by atoms with Crippen LogP contribution in [0.4, 0.5) is 15.9 Å². The molecular formula is C25H25Cl2FN6O2. The largest absolute Gasteiger partial charge is 0.486 e. The number of hydrogen-bond donors (Lipinski definition) is 3. The molecule has 4 N–H and O–H groups in total. The minimum absolute atomic E-state index is 0.0333. The maximum absolute atomic E-state index is 15.0. The van der Waals surface area contributed by atoms with E-state index in [0.29, 0.717) is 64.5 Å². The van der Waals surface area contributed by atoms with Gasteiger partial charge in [-0.25, -0.2) is 9.37 Å². The van der Waals surface area contributed by atoms with Crippen LogP contribution in [0.1, 0.15) is 29.7 Å². The van der Waals surface area contributed by atoms with E-state index in [4.69, 9.17) is 43.8 Å². The number of pyridine rings is 2. The maximum Gasteiger partial charge on any atom is 0.166 e. The first kappa shape index (κ1) is 24.7. The molecule has 1 aromatic carbocycles. The van der Waals surface area contributed by atoms with Crippen molar-refractivity contribution < 1.29 is 13.9 Å². The number of aromatic nitrogens is 2. The zero-order chi connectivity index (χ0) is 25.4. The molecule has 0 bridgehead atoms. The fourth-order valence-electron chi connectivity index (χ4n) is 4.60. The van der Waals surface area contributed by atoms with Gasteiger partial charge in [0.25, 0.3) is 0 Å². The summed E-state index contributed by atoms with van der Waals surface area (Å²) in [4.78, 5) is 10.1. The summed E-state index contributed by atoms with van der Waals surface area (Å²) in [5.41, 5.74) is 7.71. The van der Waals surface area contributed by atoms with Crippen molar-refractivity contribution in [1.82, 2.24) is 15.3 Å². The predicted octanol–water partition coefficient (Wildman–Crippen LogP) is 4.24. The molecule has 36 heavy (non-hydrogen) atoms.